The van der Waals surface area contributed by atoms with Gasteiger partial charge in [0.15, 0.2) is 0 Å². The number of carbonyl (C=O) groups excluding carboxylic acids is 1. The van der Waals surface area contributed by atoms with E-state index in [1.165, 1.54) is 21.6 Å². The molecule has 0 spiro atoms. The molecule has 0 N–H and O–H groups in total. The minimum atomic E-state index is 0.206. The normalized spacial score (nSPS) is 14.7. The van der Waals surface area contributed by atoms with Crippen molar-refractivity contribution in [1.82, 2.24) is 14.9 Å². The fourth-order valence-corrected chi connectivity index (χ4v) is 4.25. The predicted octanol–water partition coefficient (Wildman–Crippen LogP) is 2.84. The molecule has 132 valence electrons. The SMILES string of the molecule is Cc1cc(C)c(SCC(=O)N2CCN(c3ncccn3)CC2)c(C)c1. The zero-order valence-electron chi connectivity index (χ0n) is 15.0. The quantitative estimate of drug-likeness (QED) is 0.789. The van der Waals surface area contributed by atoms with Gasteiger partial charge in [0.25, 0.3) is 0 Å². The van der Waals surface area contributed by atoms with E-state index in [1.807, 2.05) is 11.0 Å². The molecule has 2 aromatic rings. The monoisotopic (exact) mass is 356 g/mol. The number of hydrogen-bond acceptors (Lipinski definition) is 5. The van der Waals surface area contributed by atoms with Crippen molar-refractivity contribution < 1.29 is 4.79 Å². The van der Waals surface area contributed by atoms with Gasteiger partial charge < -0.3 is 9.80 Å². The molecule has 1 saturated heterocycles. The van der Waals surface area contributed by atoms with Gasteiger partial charge in [-0.25, -0.2) is 9.97 Å². The molecule has 2 heterocycles. The van der Waals surface area contributed by atoms with Crippen molar-refractivity contribution in [2.45, 2.75) is 25.7 Å². The van der Waals surface area contributed by atoms with E-state index in [4.69, 9.17) is 0 Å². The van der Waals surface area contributed by atoms with Crippen molar-refractivity contribution in [2.75, 3.05) is 36.8 Å². The van der Waals surface area contributed by atoms with Crippen LogP contribution < -0.4 is 4.90 Å². The van der Waals surface area contributed by atoms with E-state index in [9.17, 15) is 4.79 Å². The molecule has 0 aliphatic carbocycles. The van der Waals surface area contributed by atoms with Gasteiger partial charge in [0.2, 0.25) is 11.9 Å². The Morgan fingerprint density at radius 2 is 1.64 bits per heavy atom. The maximum atomic E-state index is 12.6. The molecule has 1 aliphatic heterocycles. The number of benzene rings is 1. The summed E-state index contributed by atoms with van der Waals surface area (Å²) >= 11 is 1.65. The Labute approximate surface area is 153 Å². The molecule has 1 aliphatic rings. The van der Waals surface area contributed by atoms with Crippen molar-refractivity contribution in [1.29, 1.82) is 0 Å². The second kappa shape index (κ2) is 7.87. The molecule has 0 unspecified atom stereocenters. The molecule has 1 aromatic carbocycles. The summed E-state index contributed by atoms with van der Waals surface area (Å²) in [5, 5.41) is 0. The van der Waals surface area contributed by atoms with Crippen molar-refractivity contribution in [3.05, 3.63) is 47.3 Å². The van der Waals surface area contributed by atoms with Crippen LogP contribution >= 0.6 is 11.8 Å². The molecule has 3 rings (SSSR count). The Morgan fingerprint density at radius 3 is 2.24 bits per heavy atom. The highest BCUT2D eigenvalue weighted by atomic mass is 32.2. The predicted molar refractivity (Wildman–Crippen MR) is 102 cm³/mol. The van der Waals surface area contributed by atoms with E-state index in [1.54, 1.807) is 24.2 Å². The lowest BCUT2D eigenvalue weighted by atomic mass is 10.1. The van der Waals surface area contributed by atoms with Crippen LogP contribution in [0.25, 0.3) is 0 Å². The maximum absolute atomic E-state index is 12.6. The highest BCUT2D eigenvalue weighted by molar-refractivity contribution is 8.00. The average molecular weight is 356 g/mol. The smallest absolute Gasteiger partial charge is 0.233 e. The Hall–Kier alpha value is -2.08. The van der Waals surface area contributed by atoms with Gasteiger partial charge in [-0.2, -0.15) is 0 Å². The summed E-state index contributed by atoms with van der Waals surface area (Å²) < 4.78 is 0. The third-order valence-corrected chi connectivity index (χ3v) is 5.74. The van der Waals surface area contributed by atoms with E-state index < -0.39 is 0 Å². The number of carbonyl (C=O) groups is 1. The number of nitrogens with zero attached hydrogens (tertiary/aromatic N) is 4. The van der Waals surface area contributed by atoms with Crippen molar-refractivity contribution in [2.24, 2.45) is 0 Å². The van der Waals surface area contributed by atoms with Crippen LogP contribution in [0.2, 0.25) is 0 Å². The second-order valence-corrected chi connectivity index (χ2v) is 7.42. The first-order chi connectivity index (χ1) is 12.0. The first kappa shape index (κ1) is 17.7. The Balaban J connectivity index is 1.53. The molecule has 1 amide bonds. The average Bonchev–Trinajstić information content (AvgIpc) is 2.61. The zero-order chi connectivity index (χ0) is 17.8. The molecule has 5 nitrogen and oxygen atoms in total. The van der Waals surface area contributed by atoms with E-state index in [0.29, 0.717) is 5.75 Å². The number of anilines is 1. The molecule has 0 saturated carbocycles. The highest BCUT2D eigenvalue weighted by Gasteiger charge is 2.22. The van der Waals surface area contributed by atoms with E-state index in [-0.39, 0.29) is 5.91 Å². The lowest BCUT2D eigenvalue weighted by Crippen LogP contribution is -2.49. The minimum Gasteiger partial charge on any atom is -0.338 e. The van der Waals surface area contributed by atoms with E-state index >= 15 is 0 Å². The summed E-state index contributed by atoms with van der Waals surface area (Å²) in [5.74, 6) is 1.44. The summed E-state index contributed by atoms with van der Waals surface area (Å²) in [7, 11) is 0. The van der Waals surface area contributed by atoms with Crippen LogP contribution in [-0.4, -0.2) is 52.7 Å². The van der Waals surface area contributed by atoms with Gasteiger partial charge in [0.05, 0.1) is 5.75 Å². The van der Waals surface area contributed by atoms with Gasteiger partial charge >= 0.3 is 0 Å². The molecule has 1 fully saturated rings. The number of piperazine rings is 1. The summed E-state index contributed by atoms with van der Waals surface area (Å²) in [6.45, 7) is 9.35. The topological polar surface area (TPSA) is 49.3 Å². The molecule has 0 radical (unpaired) electrons. The standard InChI is InChI=1S/C19H24N4OS/c1-14-11-15(2)18(16(3)12-14)25-13-17(24)22-7-9-23(10-8-22)19-20-5-4-6-21-19/h4-6,11-12H,7-10,13H2,1-3H3. The van der Waals surface area contributed by atoms with E-state index in [0.717, 1.165) is 32.1 Å². The molecular formula is C19H24N4OS. The van der Waals surface area contributed by atoms with Gasteiger partial charge in [-0.3, -0.25) is 4.79 Å². The van der Waals surface area contributed by atoms with Crippen LogP contribution in [-0.2, 0) is 4.79 Å². The van der Waals surface area contributed by atoms with Crippen LogP contribution in [0.5, 0.6) is 0 Å². The minimum absolute atomic E-state index is 0.206. The summed E-state index contributed by atoms with van der Waals surface area (Å²) in [5.41, 5.74) is 3.77. The van der Waals surface area contributed by atoms with Gasteiger partial charge in [-0.1, -0.05) is 17.7 Å². The van der Waals surface area contributed by atoms with E-state index in [2.05, 4.69) is 47.8 Å². The fourth-order valence-electron chi connectivity index (χ4n) is 3.23. The van der Waals surface area contributed by atoms with Crippen molar-refractivity contribution >= 4 is 23.6 Å². The third-order valence-electron chi connectivity index (χ3n) is 4.41. The molecular weight excluding hydrogens is 332 g/mol. The first-order valence-electron chi connectivity index (χ1n) is 8.55. The third kappa shape index (κ3) is 4.31. The summed E-state index contributed by atoms with van der Waals surface area (Å²) in [6.07, 6.45) is 3.51. The fraction of sp³-hybridized carbons (Fsp3) is 0.421. The highest BCUT2D eigenvalue weighted by Crippen LogP contribution is 2.28. The number of hydrogen-bond donors (Lipinski definition) is 0. The van der Waals surface area contributed by atoms with Gasteiger partial charge in [0, 0.05) is 43.5 Å². The first-order valence-corrected chi connectivity index (χ1v) is 9.53. The Kier molecular flexibility index (Phi) is 5.58. The number of aromatic nitrogens is 2. The van der Waals surface area contributed by atoms with Crippen LogP contribution in [0, 0.1) is 20.8 Å². The maximum Gasteiger partial charge on any atom is 0.233 e. The largest absolute Gasteiger partial charge is 0.338 e. The van der Waals surface area contributed by atoms with Crippen molar-refractivity contribution in [3.63, 3.8) is 0 Å². The van der Waals surface area contributed by atoms with Crippen LogP contribution in [0.4, 0.5) is 5.95 Å². The molecule has 6 heteroatoms. The van der Waals surface area contributed by atoms with Gasteiger partial charge in [-0.05, 0) is 38.0 Å². The lowest BCUT2D eigenvalue weighted by molar-refractivity contribution is -0.128. The lowest BCUT2D eigenvalue weighted by Gasteiger charge is -2.34. The molecule has 1 aromatic heterocycles. The molecule has 0 atom stereocenters. The summed E-state index contributed by atoms with van der Waals surface area (Å²) in [6, 6.07) is 6.17. The van der Waals surface area contributed by atoms with Crippen LogP contribution in [0.15, 0.2) is 35.5 Å². The van der Waals surface area contributed by atoms with Gasteiger partial charge in [0.1, 0.15) is 0 Å². The van der Waals surface area contributed by atoms with Crippen LogP contribution in [0.1, 0.15) is 16.7 Å². The number of thioether (sulfide) groups is 1. The molecule has 0 bridgehead atoms. The second-order valence-electron chi connectivity index (χ2n) is 6.43. The number of aryl methyl sites for hydroxylation is 3. The van der Waals surface area contributed by atoms with Crippen LogP contribution in [0.3, 0.4) is 0 Å². The van der Waals surface area contributed by atoms with Crippen molar-refractivity contribution in [3.8, 4) is 0 Å². The van der Waals surface area contributed by atoms with Gasteiger partial charge in [-0.15, -0.1) is 11.8 Å². The molecule has 25 heavy (non-hydrogen) atoms. The zero-order valence-corrected chi connectivity index (χ0v) is 15.8. The summed E-state index contributed by atoms with van der Waals surface area (Å²) in [4.78, 5) is 26.4. The Morgan fingerprint density at radius 1 is 1.04 bits per heavy atom. The number of rotatable bonds is 4. The number of amides is 1. The Bertz CT molecular complexity index is 719.